The average molecular weight is 277 g/mol. The largest absolute Gasteiger partial charge is 0.493 e. The third-order valence-electron chi connectivity index (χ3n) is 4.62. The van der Waals surface area contributed by atoms with Crippen molar-refractivity contribution in [3.63, 3.8) is 0 Å². The Morgan fingerprint density at radius 2 is 2.05 bits per heavy atom. The SMILES string of the molecule is CNC(c1cccc2c1OCC2)C1(OC)CCOCC1. The van der Waals surface area contributed by atoms with Crippen LogP contribution in [0.15, 0.2) is 18.2 Å². The first-order valence-electron chi connectivity index (χ1n) is 7.35. The molecule has 2 aliphatic heterocycles. The van der Waals surface area contributed by atoms with E-state index < -0.39 is 0 Å². The van der Waals surface area contributed by atoms with E-state index in [4.69, 9.17) is 14.2 Å². The van der Waals surface area contributed by atoms with E-state index in [0.29, 0.717) is 0 Å². The standard InChI is InChI=1S/C16H23NO3/c1-17-15(16(18-2)7-10-19-11-8-16)13-5-3-4-12-6-9-20-14(12)13/h3-5,15,17H,6-11H2,1-2H3. The van der Waals surface area contributed by atoms with Crippen molar-refractivity contribution >= 4 is 0 Å². The maximum absolute atomic E-state index is 5.95. The fourth-order valence-electron chi connectivity index (χ4n) is 3.50. The van der Waals surface area contributed by atoms with E-state index in [-0.39, 0.29) is 11.6 Å². The number of hydrogen-bond donors (Lipinski definition) is 1. The number of benzene rings is 1. The van der Waals surface area contributed by atoms with E-state index >= 15 is 0 Å². The van der Waals surface area contributed by atoms with Gasteiger partial charge in [-0.3, -0.25) is 0 Å². The molecule has 0 amide bonds. The van der Waals surface area contributed by atoms with Crippen LogP contribution < -0.4 is 10.1 Å². The van der Waals surface area contributed by atoms with Crippen LogP contribution in [-0.2, 0) is 15.9 Å². The lowest BCUT2D eigenvalue weighted by Gasteiger charge is -2.42. The molecule has 20 heavy (non-hydrogen) atoms. The molecule has 4 nitrogen and oxygen atoms in total. The molecule has 110 valence electrons. The molecule has 1 unspecified atom stereocenters. The van der Waals surface area contributed by atoms with Crippen molar-refractivity contribution in [3.8, 4) is 5.75 Å². The van der Waals surface area contributed by atoms with Crippen molar-refractivity contribution in [2.45, 2.75) is 30.9 Å². The summed E-state index contributed by atoms with van der Waals surface area (Å²) in [5.41, 5.74) is 2.31. The summed E-state index contributed by atoms with van der Waals surface area (Å²) in [4.78, 5) is 0. The van der Waals surface area contributed by atoms with Crippen LogP contribution in [0, 0.1) is 0 Å². The fourth-order valence-corrected chi connectivity index (χ4v) is 3.50. The molecular formula is C16H23NO3. The van der Waals surface area contributed by atoms with Crippen LogP contribution in [0.25, 0.3) is 0 Å². The van der Waals surface area contributed by atoms with Crippen LogP contribution in [0.1, 0.15) is 30.0 Å². The Hall–Kier alpha value is -1.10. The van der Waals surface area contributed by atoms with Crippen LogP contribution >= 0.6 is 0 Å². The van der Waals surface area contributed by atoms with E-state index in [1.165, 1.54) is 11.1 Å². The van der Waals surface area contributed by atoms with Gasteiger partial charge in [0, 0.05) is 45.1 Å². The van der Waals surface area contributed by atoms with Crippen LogP contribution in [0.2, 0.25) is 0 Å². The lowest BCUT2D eigenvalue weighted by molar-refractivity contribution is -0.110. The Morgan fingerprint density at radius 1 is 1.25 bits per heavy atom. The van der Waals surface area contributed by atoms with Crippen LogP contribution in [0.5, 0.6) is 5.75 Å². The van der Waals surface area contributed by atoms with Gasteiger partial charge in [-0.25, -0.2) is 0 Å². The van der Waals surface area contributed by atoms with Gasteiger partial charge in [0.2, 0.25) is 0 Å². The van der Waals surface area contributed by atoms with Crippen molar-refractivity contribution in [2.75, 3.05) is 34.0 Å². The summed E-state index contributed by atoms with van der Waals surface area (Å²) in [6.07, 6.45) is 2.81. The highest BCUT2D eigenvalue weighted by Gasteiger charge is 2.42. The van der Waals surface area contributed by atoms with Crippen LogP contribution in [0.3, 0.4) is 0 Å². The fraction of sp³-hybridized carbons (Fsp3) is 0.625. The molecule has 1 aromatic rings. The summed E-state index contributed by atoms with van der Waals surface area (Å²) in [7, 11) is 3.80. The van der Waals surface area contributed by atoms with Gasteiger partial charge in [0.1, 0.15) is 5.75 Å². The van der Waals surface area contributed by atoms with Crippen molar-refractivity contribution in [1.29, 1.82) is 0 Å². The smallest absolute Gasteiger partial charge is 0.127 e. The lowest BCUT2D eigenvalue weighted by atomic mass is 9.81. The average Bonchev–Trinajstić information content (AvgIpc) is 2.98. The Kier molecular flexibility index (Phi) is 3.96. The molecule has 0 saturated carbocycles. The molecule has 1 saturated heterocycles. The second-order valence-corrected chi connectivity index (χ2v) is 5.54. The van der Waals surface area contributed by atoms with Gasteiger partial charge in [-0.2, -0.15) is 0 Å². The Bertz CT molecular complexity index is 469. The molecule has 3 rings (SSSR count). The molecule has 2 heterocycles. The van der Waals surface area contributed by atoms with Crippen molar-refractivity contribution < 1.29 is 14.2 Å². The molecule has 0 radical (unpaired) electrons. The van der Waals surface area contributed by atoms with Gasteiger partial charge in [0.15, 0.2) is 0 Å². The molecule has 2 aliphatic rings. The predicted octanol–water partition coefficient (Wildman–Crippen LogP) is 2.08. The van der Waals surface area contributed by atoms with Crippen LogP contribution in [0.4, 0.5) is 0 Å². The minimum Gasteiger partial charge on any atom is -0.493 e. The van der Waals surface area contributed by atoms with Gasteiger partial charge in [-0.1, -0.05) is 18.2 Å². The Morgan fingerprint density at radius 3 is 2.75 bits per heavy atom. The minimum absolute atomic E-state index is 0.129. The van der Waals surface area contributed by atoms with Crippen molar-refractivity contribution in [3.05, 3.63) is 29.3 Å². The number of likely N-dealkylation sites (N-methyl/N-ethyl adjacent to an activating group) is 1. The van der Waals surface area contributed by atoms with Crippen molar-refractivity contribution in [2.24, 2.45) is 0 Å². The normalized spacial score (nSPS) is 22.1. The molecule has 0 spiro atoms. The van der Waals surface area contributed by atoms with Gasteiger partial charge in [-0.15, -0.1) is 0 Å². The summed E-state index contributed by atoms with van der Waals surface area (Å²) in [6, 6.07) is 6.56. The van der Waals surface area contributed by atoms with Gasteiger partial charge in [0.05, 0.1) is 18.2 Å². The number of nitrogens with one attached hydrogen (secondary N) is 1. The third kappa shape index (κ3) is 2.22. The molecule has 1 fully saturated rings. The molecule has 4 heteroatoms. The molecule has 1 N–H and O–H groups in total. The summed E-state index contributed by atoms with van der Waals surface area (Å²) in [5, 5.41) is 3.45. The zero-order chi connectivity index (χ0) is 14.0. The molecule has 1 aromatic carbocycles. The number of rotatable bonds is 4. The minimum atomic E-state index is -0.214. The quantitative estimate of drug-likeness (QED) is 0.914. The monoisotopic (exact) mass is 277 g/mol. The molecule has 1 atom stereocenters. The highest BCUT2D eigenvalue weighted by atomic mass is 16.5. The molecular weight excluding hydrogens is 254 g/mol. The highest BCUT2D eigenvalue weighted by molar-refractivity contribution is 5.46. The van der Waals surface area contributed by atoms with E-state index in [9.17, 15) is 0 Å². The summed E-state index contributed by atoms with van der Waals surface area (Å²) in [6.45, 7) is 2.29. The summed E-state index contributed by atoms with van der Waals surface area (Å²) < 4.78 is 17.3. The first-order chi connectivity index (χ1) is 9.80. The van der Waals surface area contributed by atoms with E-state index in [1.54, 1.807) is 7.11 Å². The van der Waals surface area contributed by atoms with Crippen molar-refractivity contribution in [1.82, 2.24) is 5.32 Å². The van der Waals surface area contributed by atoms with Gasteiger partial charge in [-0.05, 0) is 12.6 Å². The van der Waals surface area contributed by atoms with E-state index in [2.05, 4.69) is 23.5 Å². The third-order valence-corrected chi connectivity index (χ3v) is 4.62. The highest BCUT2D eigenvalue weighted by Crippen LogP contribution is 2.42. The van der Waals surface area contributed by atoms with Gasteiger partial charge >= 0.3 is 0 Å². The Balaban J connectivity index is 1.99. The summed E-state index contributed by atoms with van der Waals surface area (Å²) in [5.74, 6) is 1.05. The zero-order valence-corrected chi connectivity index (χ0v) is 12.3. The topological polar surface area (TPSA) is 39.7 Å². The molecule has 0 bridgehead atoms. The maximum atomic E-state index is 5.95. The zero-order valence-electron chi connectivity index (χ0n) is 12.3. The first kappa shape index (κ1) is 13.9. The molecule has 0 aliphatic carbocycles. The van der Waals surface area contributed by atoms with Crippen LogP contribution in [-0.4, -0.2) is 39.6 Å². The second-order valence-electron chi connectivity index (χ2n) is 5.54. The maximum Gasteiger partial charge on any atom is 0.127 e. The predicted molar refractivity (Wildman–Crippen MR) is 77.2 cm³/mol. The lowest BCUT2D eigenvalue weighted by Crippen LogP contribution is -2.48. The van der Waals surface area contributed by atoms with E-state index in [1.807, 2.05) is 7.05 Å². The second kappa shape index (κ2) is 5.72. The van der Waals surface area contributed by atoms with Gasteiger partial charge in [0.25, 0.3) is 0 Å². The van der Waals surface area contributed by atoms with Gasteiger partial charge < -0.3 is 19.5 Å². The number of para-hydroxylation sites is 1. The number of fused-ring (bicyclic) bond motifs is 1. The number of methoxy groups -OCH3 is 1. The number of ether oxygens (including phenoxy) is 3. The van der Waals surface area contributed by atoms with E-state index in [0.717, 1.165) is 44.8 Å². The number of hydrogen-bond acceptors (Lipinski definition) is 4. The molecule has 0 aromatic heterocycles. The summed E-state index contributed by atoms with van der Waals surface area (Å²) >= 11 is 0. The first-order valence-corrected chi connectivity index (χ1v) is 7.35. The Labute approximate surface area is 120 Å².